The summed E-state index contributed by atoms with van der Waals surface area (Å²) in [4.78, 5) is 50.4. The van der Waals surface area contributed by atoms with E-state index >= 15 is 0 Å². The van der Waals surface area contributed by atoms with Crippen LogP contribution in [0.4, 0.5) is 5.69 Å². The van der Waals surface area contributed by atoms with Crippen LogP contribution in [0.5, 0.6) is 0 Å². The maximum absolute atomic E-state index is 12.4. The number of carbonyl (C=O) groups is 4. The van der Waals surface area contributed by atoms with Crippen molar-refractivity contribution in [3.05, 3.63) is 29.8 Å². The van der Waals surface area contributed by atoms with E-state index in [9.17, 15) is 24.3 Å². The second kappa shape index (κ2) is 25.4. The van der Waals surface area contributed by atoms with E-state index in [1.165, 1.54) is 0 Å². The average molecular weight is 687 g/mol. The van der Waals surface area contributed by atoms with Gasteiger partial charge in [-0.15, -0.1) is 37.2 Å². The van der Waals surface area contributed by atoms with E-state index in [2.05, 4.69) is 21.3 Å². The van der Waals surface area contributed by atoms with Crippen LogP contribution in [0.2, 0.25) is 0 Å². The van der Waals surface area contributed by atoms with Crippen LogP contribution in [0.25, 0.3) is 0 Å². The minimum absolute atomic E-state index is 0. The Labute approximate surface area is 278 Å². The fourth-order valence-corrected chi connectivity index (χ4v) is 3.85. The topological polar surface area (TPSA) is 242 Å². The van der Waals surface area contributed by atoms with Gasteiger partial charge in [-0.3, -0.25) is 24.6 Å². The number of nitrogens with two attached hydrogens (primary N) is 3. The van der Waals surface area contributed by atoms with Crippen LogP contribution in [-0.2, 0) is 25.6 Å². The minimum Gasteiger partial charge on any atom is -0.394 e. The summed E-state index contributed by atoms with van der Waals surface area (Å²) in [5, 5.41) is 27.5. The van der Waals surface area contributed by atoms with Crippen LogP contribution in [0.1, 0.15) is 51.5 Å². The van der Waals surface area contributed by atoms with E-state index in [0.29, 0.717) is 64.0 Å². The molecule has 4 amide bonds. The monoisotopic (exact) mass is 685 g/mol. The number of guanidine groups is 1. The van der Waals surface area contributed by atoms with Gasteiger partial charge in [0.05, 0.1) is 18.7 Å². The number of aryl methyl sites for hydroxylation is 1. The van der Waals surface area contributed by atoms with Crippen molar-refractivity contribution in [2.75, 3.05) is 38.1 Å². The molecule has 0 aliphatic carbocycles. The van der Waals surface area contributed by atoms with E-state index in [4.69, 9.17) is 22.6 Å². The van der Waals surface area contributed by atoms with Gasteiger partial charge in [-0.05, 0) is 63.6 Å². The molecular weight excluding hydrogens is 637 g/mol. The Morgan fingerprint density at radius 2 is 1.43 bits per heavy atom. The highest BCUT2D eigenvalue weighted by Crippen LogP contribution is 2.11. The standard InChI is InChI=1S/C27H47N9O5.3ClH/c1-18(28)24(39)32-14-6-16-36(26(41)19(2)29)15-4-3-13-33-25(40)22(17-37)35-23(38)8-5-7-20-9-11-21(12-10-20)34-27(30)31;;;/h9-12,18-19,22,37H,3-8,13-17,28-29H2,1-2H3,(H,32,39)(H,33,40)(H,35,38)(H4,30,31,34);3*1H/t18-,19-,22-;;;/m0.../s1. The first kappa shape index (κ1) is 45.5. The Hall–Kier alpha value is -2.88. The number of aliphatic hydroxyl groups excluding tert-OH is 1. The second-order valence-electron chi connectivity index (χ2n) is 9.94. The molecule has 0 fully saturated rings. The van der Waals surface area contributed by atoms with Crippen molar-refractivity contribution in [3.63, 3.8) is 0 Å². The van der Waals surface area contributed by atoms with Gasteiger partial charge in [0.2, 0.25) is 23.6 Å². The highest BCUT2D eigenvalue weighted by Gasteiger charge is 2.20. The number of hydrogen-bond acceptors (Lipinski definition) is 8. The smallest absolute Gasteiger partial charge is 0.244 e. The molecular formula is C27H50Cl3N9O5. The molecule has 0 aliphatic heterocycles. The third-order valence-corrected chi connectivity index (χ3v) is 6.11. The number of nitrogens with zero attached hydrogens (tertiary/aromatic N) is 1. The first-order valence-corrected chi connectivity index (χ1v) is 13.9. The van der Waals surface area contributed by atoms with Gasteiger partial charge in [0, 0.05) is 38.3 Å². The zero-order chi connectivity index (χ0) is 30.8. The van der Waals surface area contributed by atoms with Gasteiger partial charge in [0.1, 0.15) is 6.04 Å². The number of carbonyl (C=O) groups excluding carboxylic acids is 4. The van der Waals surface area contributed by atoms with Crippen LogP contribution < -0.4 is 38.5 Å². The number of unbranched alkanes of at least 4 members (excludes halogenated alkanes) is 1. The van der Waals surface area contributed by atoms with E-state index in [1.807, 2.05) is 12.1 Å². The zero-order valence-corrected chi connectivity index (χ0v) is 27.8. The number of rotatable bonds is 19. The molecule has 12 N–H and O–H groups in total. The van der Waals surface area contributed by atoms with Gasteiger partial charge < -0.3 is 48.5 Å². The molecule has 1 aromatic carbocycles. The third-order valence-electron chi connectivity index (χ3n) is 6.11. The Balaban J connectivity index is -0.00000560. The molecule has 0 aliphatic rings. The van der Waals surface area contributed by atoms with Gasteiger partial charge in [0.25, 0.3) is 0 Å². The van der Waals surface area contributed by atoms with Gasteiger partial charge in [0.15, 0.2) is 5.96 Å². The van der Waals surface area contributed by atoms with E-state index in [1.54, 1.807) is 30.9 Å². The largest absolute Gasteiger partial charge is 0.394 e. The first-order valence-electron chi connectivity index (χ1n) is 13.9. The summed E-state index contributed by atoms with van der Waals surface area (Å²) in [6.45, 7) is 4.24. The second-order valence-corrected chi connectivity index (χ2v) is 9.94. The minimum atomic E-state index is -1.05. The van der Waals surface area contributed by atoms with Gasteiger partial charge in [-0.2, -0.15) is 0 Å². The van der Waals surface area contributed by atoms with Crippen molar-refractivity contribution >= 4 is 72.5 Å². The summed E-state index contributed by atoms with van der Waals surface area (Å²) in [5.74, 6) is -1.42. The molecule has 0 unspecified atom stereocenters. The molecule has 1 aromatic rings. The van der Waals surface area contributed by atoms with Gasteiger partial charge in [-0.1, -0.05) is 12.1 Å². The lowest BCUT2D eigenvalue weighted by Crippen LogP contribution is -2.49. The molecule has 0 radical (unpaired) electrons. The van der Waals surface area contributed by atoms with Crippen molar-refractivity contribution in [1.82, 2.24) is 20.9 Å². The zero-order valence-electron chi connectivity index (χ0n) is 25.3. The third kappa shape index (κ3) is 19.4. The predicted molar refractivity (Wildman–Crippen MR) is 179 cm³/mol. The highest BCUT2D eigenvalue weighted by atomic mass is 35.5. The van der Waals surface area contributed by atoms with Crippen molar-refractivity contribution in [2.24, 2.45) is 17.2 Å². The van der Waals surface area contributed by atoms with Crippen molar-refractivity contribution in [1.29, 1.82) is 5.41 Å². The van der Waals surface area contributed by atoms with Gasteiger partial charge in [-0.25, -0.2) is 0 Å². The van der Waals surface area contributed by atoms with E-state index < -0.39 is 30.6 Å². The number of amides is 4. The maximum atomic E-state index is 12.4. The molecule has 17 heteroatoms. The number of aliphatic hydroxyl groups is 1. The van der Waals surface area contributed by atoms with Crippen molar-refractivity contribution in [2.45, 2.75) is 70.5 Å². The number of hydrogen-bond donors (Lipinski definition) is 9. The highest BCUT2D eigenvalue weighted by molar-refractivity contribution is 5.89. The van der Waals surface area contributed by atoms with Crippen LogP contribution in [-0.4, -0.2) is 90.5 Å². The summed E-state index contributed by atoms with van der Waals surface area (Å²) < 4.78 is 0. The van der Waals surface area contributed by atoms with E-state index in [0.717, 1.165) is 5.56 Å². The maximum Gasteiger partial charge on any atom is 0.244 e. The molecule has 0 spiro atoms. The Kier molecular flexibility index (Phi) is 26.3. The van der Waals surface area contributed by atoms with Crippen LogP contribution in [0.3, 0.4) is 0 Å². The normalized spacial score (nSPS) is 12.0. The van der Waals surface area contributed by atoms with E-state index in [-0.39, 0.29) is 67.3 Å². The lowest BCUT2D eigenvalue weighted by molar-refractivity contribution is -0.132. The Morgan fingerprint density at radius 1 is 0.864 bits per heavy atom. The predicted octanol–water partition coefficient (Wildman–Crippen LogP) is -0.0171. The Bertz CT molecular complexity index is 1000. The summed E-state index contributed by atoms with van der Waals surface area (Å²) in [5.41, 5.74) is 18.3. The molecule has 0 aromatic heterocycles. The first-order chi connectivity index (χ1) is 19.4. The molecule has 1 rings (SSSR count). The summed E-state index contributed by atoms with van der Waals surface area (Å²) >= 11 is 0. The summed E-state index contributed by atoms with van der Waals surface area (Å²) in [6, 6.07) is 5.04. The number of anilines is 1. The van der Waals surface area contributed by atoms with Crippen LogP contribution in [0, 0.1) is 5.41 Å². The quantitative estimate of drug-likeness (QED) is 0.0539. The molecule has 254 valence electrons. The SMILES string of the molecule is C[C@H](N)C(=O)NCCCN(CCCCNC(=O)[C@H](CO)NC(=O)CCCc1ccc(NC(=N)N)cc1)C(=O)[C@H](C)N.Cl.Cl.Cl. The lowest BCUT2D eigenvalue weighted by Gasteiger charge is -2.25. The Morgan fingerprint density at radius 3 is 1.98 bits per heavy atom. The number of halogens is 3. The lowest BCUT2D eigenvalue weighted by atomic mass is 10.1. The molecule has 0 bridgehead atoms. The summed E-state index contributed by atoms with van der Waals surface area (Å²) in [6.07, 6.45) is 3.12. The fourth-order valence-electron chi connectivity index (χ4n) is 3.85. The molecule has 3 atom stereocenters. The molecule has 44 heavy (non-hydrogen) atoms. The van der Waals surface area contributed by atoms with Crippen molar-refractivity contribution in [3.8, 4) is 0 Å². The van der Waals surface area contributed by atoms with Crippen LogP contribution in [0.15, 0.2) is 24.3 Å². The molecule has 0 heterocycles. The fraction of sp³-hybridized carbons (Fsp3) is 0.593. The average Bonchev–Trinajstić information content (AvgIpc) is 2.92. The van der Waals surface area contributed by atoms with Crippen LogP contribution >= 0.6 is 37.2 Å². The van der Waals surface area contributed by atoms with Crippen molar-refractivity contribution < 1.29 is 24.3 Å². The molecule has 0 saturated heterocycles. The van der Waals surface area contributed by atoms with Gasteiger partial charge >= 0.3 is 0 Å². The molecule has 14 nitrogen and oxygen atoms in total. The number of nitrogens with one attached hydrogen (secondary N) is 5. The number of benzene rings is 1. The molecule has 0 saturated carbocycles. The summed E-state index contributed by atoms with van der Waals surface area (Å²) in [7, 11) is 0.